The summed E-state index contributed by atoms with van der Waals surface area (Å²) < 4.78 is 27.0. The van der Waals surface area contributed by atoms with Gasteiger partial charge < -0.3 is 4.90 Å². The number of nitrogens with zero attached hydrogens (tertiary/aromatic N) is 4. The minimum absolute atomic E-state index is 0.271. The summed E-state index contributed by atoms with van der Waals surface area (Å²) in [4.78, 5) is 5.08. The third kappa shape index (κ3) is 4.78. The molecule has 0 aromatic carbocycles. The fourth-order valence-corrected chi connectivity index (χ4v) is 4.19. The van der Waals surface area contributed by atoms with Crippen molar-refractivity contribution in [2.75, 3.05) is 39.0 Å². The molecule has 8 heteroatoms. The third-order valence-electron chi connectivity index (χ3n) is 5.01. The third-order valence-corrected chi connectivity index (χ3v) is 5.68. The van der Waals surface area contributed by atoms with Crippen LogP contribution in [0.25, 0.3) is 0 Å². The molecule has 0 unspecified atom stereocenters. The number of fused-ring (bicyclic) bond motifs is 1. The van der Waals surface area contributed by atoms with Crippen molar-refractivity contribution in [3.8, 4) is 0 Å². The van der Waals surface area contributed by atoms with Gasteiger partial charge in [-0.15, -0.1) is 0 Å². The maximum atomic E-state index is 11.2. The van der Waals surface area contributed by atoms with E-state index in [-0.39, 0.29) is 6.54 Å². The number of likely N-dealkylation sites (tertiary alicyclic amines) is 1. The quantitative estimate of drug-likeness (QED) is 0.804. The summed E-state index contributed by atoms with van der Waals surface area (Å²) in [6, 6.07) is 2.03. The molecule has 136 valence electrons. The number of rotatable bonds is 6. The summed E-state index contributed by atoms with van der Waals surface area (Å²) >= 11 is 0. The van der Waals surface area contributed by atoms with Crippen molar-refractivity contribution in [2.45, 2.75) is 39.4 Å². The summed E-state index contributed by atoms with van der Waals surface area (Å²) in [6.45, 7) is 10.1. The van der Waals surface area contributed by atoms with Gasteiger partial charge in [-0.2, -0.15) is 5.10 Å². The van der Waals surface area contributed by atoms with Gasteiger partial charge in [-0.3, -0.25) is 9.58 Å². The first-order chi connectivity index (χ1) is 11.4. The van der Waals surface area contributed by atoms with Gasteiger partial charge in [-0.25, -0.2) is 13.1 Å². The number of hydrogen-bond donors (Lipinski definition) is 1. The van der Waals surface area contributed by atoms with Crippen LogP contribution in [0.3, 0.4) is 0 Å². The van der Waals surface area contributed by atoms with E-state index in [4.69, 9.17) is 0 Å². The van der Waals surface area contributed by atoms with Gasteiger partial charge in [0.05, 0.1) is 30.7 Å². The number of sulfonamides is 1. The predicted octanol–water partition coefficient (Wildman–Crippen LogP) is 0.480. The van der Waals surface area contributed by atoms with Gasteiger partial charge in [-0.1, -0.05) is 6.92 Å². The van der Waals surface area contributed by atoms with E-state index in [2.05, 4.69) is 26.5 Å². The van der Waals surface area contributed by atoms with Crippen molar-refractivity contribution in [2.24, 2.45) is 5.92 Å². The second-order valence-electron chi connectivity index (χ2n) is 7.08. The first-order valence-corrected chi connectivity index (χ1v) is 10.8. The van der Waals surface area contributed by atoms with E-state index in [1.807, 2.05) is 10.7 Å². The Balaban J connectivity index is 1.55. The topological polar surface area (TPSA) is 70.5 Å². The number of piperidine rings is 1. The van der Waals surface area contributed by atoms with Crippen molar-refractivity contribution in [3.63, 3.8) is 0 Å². The lowest BCUT2D eigenvalue weighted by Gasteiger charge is -2.36. The Morgan fingerprint density at radius 3 is 2.88 bits per heavy atom. The first-order valence-electron chi connectivity index (χ1n) is 8.88. The molecule has 0 amide bonds. The number of nitrogens with one attached hydrogen (secondary N) is 1. The Morgan fingerprint density at radius 2 is 2.12 bits per heavy atom. The van der Waals surface area contributed by atoms with E-state index in [1.54, 1.807) is 0 Å². The Morgan fingerprint density at radius 1 is 1.29 bits per heavy atom. The highest BCUT2D eigenvalue weighted by Gasteiger charge is 2.24. The Hall–Kier alpha value is -0.960. The zero-order valence-electron chi connectivity index (χ0n) is 14.7. The molecule has 3 heterocycles. The molecule has 1 N–H and O–H groups in total. The molecule has 24 heavy (non-hydrogen) atoms. The average Bonchev–Trinajstić information content (AvgIpc) is 2.95. The molecule has 1 aromatic rings. The van der Waals surface area contributed by atoms with Crippen LogP contribution < -0.4 is 4.72 Å². The second kappa shape index (κ2) is 7.51. The molecule has 0 radical (unpaired) electrons. The lowest BCUT2D eigenvalue weighted by Crippen LogP contribution is -2.43. The molecule has 1 fully saturated rings. The van der Waals surface area contributed by atoms with Crippen LogP contribution in [-0.2, 0) is 29.7 Å². The Labute approximate surface area is 145 Å². The Bertz CT molecular complexity index is 657. The molecule has 2 aliphatic heterocycles. The first kappa shape index (κ1) is 17.8. The van der Waals surface area contributed by atoms with Crippen LogP contribution in [-0.4, -0.2) is 67.0 Å². The van der Waals surface area contributed by atoms with Crippen LogP contribution in [0.4, 0.5) is 0 Å². The minimum Gasteiger partial charge on any atom is -0.303 e. The summed E-state index contributed by atoms with van der Waals surface area (Å²) in [5, 5.41) is 4.52. The fraction of sp³-hybridized carbons (Fsp3) is 0.812. The number of aromatic nitrogens is 2. The van der Waals surface area contributed by atoms with E-state index >= 15 is 0 Å². The van der Waals surface area contributed by atoms with E-state index in [1.165, 1.54) is 37.9 Å². The van der Waals surface area contributed by atoms with Gasteiger partial charge in [0.2, 0.25) is 10.0 Å². The standard InChI is InChI=1S/C16H29N5O2S/c1-3-19-6-4-5-14(11-19)12-20-7-8-21-16(13-20)9-15(18-21)10-17-24(2,22)23/h9,14,17H,3-8,10-13H2,1-2H3/t14-/m0/s1. The smallest absolute Gasteiger partial charge is 0.209 e. The molecule has 1 aromatic heterocycles. The molecular formula is C16H29N5O2S. The van der Waals surface area contributed by atoms with Gasteiger partial charge >= 0.3 is 0 Å². The summed E-state index contributed by atoms with van der Waals surface area (Å²) in [7, 11) is -3.18. The summed E-state index contributed by atoms with van der Waals surface area (Å²) in [6.07, 6.45) is 3.82. The van der Waals surface area contributed by atoms with Crippen LogP contribution >= 0.6 is 0 Å². The van der Waals surface area contributed by atoms with E-state index in [0.29, 0.717) is 0 Å². The predicted molar refractivity (Wildman–Crippen MR) is 94.0 cm³/mol. The SMILES string of the molecule is CCN1CCC[C@H](CN2CCn3nc(CNS(C)(=O)=O)cc3C2)C1. The molecule has 1 atom stereocenters. The maximum Gasteiger partial charge on any atom is 0.209 e. The van der Waals surface area contributed by atoms with Gasteiger partial charge in [0.1, 0.15) is 0 Å². The summed E-state index contributed by atoms with van der Waals surface area (Å²) in [5.74, 6) is 0.763. The maximum absolute atomic E-state index is 11.2. The van der Waals surface area contributed by atoms with Gasteiger partial charge in [0, 0.05) is 26.2 Å². The van der Waals surface area contributed by atoms with Crippen molar-refractivity contribution in [1.82, 2.24) is 24.3 Å². The van der Waals surface area contributed by atoms with Gasteiger partial charge in [0.15, 0.2) is 0 Å². The van der Waals surface area contributed by atoms with Crippen LogP contribution in [0, 0.1) is 5.92 Å². The second-order valence-corrected chi connectivity index (χ2v) is 8.91. The normalized spacial score (nSPS) is 23.3. The molecule has 2 aliphatic rings. The molecule has 3 rings (SSSR count). The van der Waals surface area contributed by atoms with Crippen LogP contribution in [0.2, 0.25) is 0 Å². The molecule has 0 bridgehead atoms. The van der Waals surface area contributed by atoms with E-state index < -0.39 is 10.0 Å². The molecule has 7 nitrogen and oxygen atoms in total. The van der Waals surface area contributed by atoms with Crippen molar-refractivity contribution < 1.29 is 8.42 Å². The van der Waals surface area contributed by atoms with Crippen molar-refractivity contribution in [3.05, 3.63) is 17.5 Å². The lowest BCUT2D eigenvalue weighted by molar-refractivity contribution is 0.120. The zero-order chi connectivity index (χ0) is 17.2. The lowest BCUT2D eigenvalue weighted by atomic mass is 9.97. The van der Waals surface area contributed by atoms with Gasteiger partial charge in [-0.05, 0) is 37.9 Å². The molecule has 0 aliphatic carbocycles. The highest BCUT2D eigenvalue weighted by molar-refractivity contribution is 7.88. The van der Waals surface area contributed by atoms with E-state index in [9.17, 15) is 8.42 Å². The van der Waals surface area contributed by atoms with Gasteiger partial charge in [0.25, 0.3) is 0 Å². The minimum atomic E-state index is -3.18. The number of hydrogen-bond acceptors (Lipinski definition) is 5. The largest absolute Gasteiger partial charge is 0.303 e. The van der Waals surface area contributed by atoms with Crippen LogP contribution in [0.5, 0.6) is 0 Å². The van der Waals surface area contributed by atoms with Crippen molar-refractivity contribution in [1.29, 1.82) is 0 Å². The molecule has 1 saturated heterocycles. The van der Waals surface area contributed by atoms with E-state index in [0.717, 1.165) is 44.3 Å². The molecular weight excluding hydrogens is 326 g/mol. The highest BCUT2D eigenvalue weighted by Crippen LogP contribution is 2.20. The molecule has 0 saturated carbocycles. The highest BCUT2D eigenvalue weighted by atomic mass is 32.2. The fourth-order valence-electron chi connectivity index (χ4n) is 3.78. The average molecular weight is 356 g/mol. The Kier molecular flexibility index (Phi) is 5.59. The van der Waals surface area contributed by atoms with Crippen LogP contribution in [0.1, 0.15) is 31.2 Å². The monoisotopic (exact) mass is 355 g/mol. The zero-order valence-corrected chi connectivity index (χ0v) is 15.6. The van der Waals surface area contributed by atoms with Crippen molar-refractivity contribution >= 4 is 10.0 Å². The molecule has 0 spiro atoms. The summed E-state index contributed by atoms with van der Waals surface area (Å²) in [5.41, 5.74) is 1.99. The van der Waals surface area contributed by atoms with Crippen LogP contribution in [0.15, 0.2) is 6.07 Å².